The van der Waals surface area contributed by atoms with Crippen molar-refractivity contribution < 1.29 is 14.6 Å². The summed E-state index contributed by atoms with van der Waals surface area (Å²) in [6.07, 6.45) is 1.07. The highest BCUT2D eigenvalue weighted by Gasteiger charge is 2.31. The highest BCUT2D eigenvalue weighted by Crippen LogP contribution is 2.29. The van der Waals surface area contributed by atoms with Crippen molar-refractivity contribution in [2.24, 2.45) is 0 Å². The molecule has 3 nitrogen and oxygen atoms in total. The molecule has 1 N–H and O–H groups in total. The van der Waals surface area contributed by atoms with Crippen molar-refractivity contribution in [3.05, 3.63) is 11.0 Å². The van der Waals surface area contributed by atoms with E-state index in [0.717, 1.165) is 10.7 Å². The fraction of sp³-hybridized carbons (Fsp3) is 0.667. The van der Waals surface area contributed by atoms with Crippen molar-refractivity contribution in [1.29, 1.82) is 0 Å². The Balaban J connectivity index is 2.65. The molecule has 4 heteroatoms. The number of carbonyl (C=O) groups is 1. The molecule has 0 aromatic rings. The van der Waals surface area contributed by atoms with E-state index in [-0.39, 0.29) is 5.97 Å². The molecule has 0 saturated carbocycles. The standard InChI is InChI=1S/C9H14O3S/c1-3-6(10)9-7(13-4-2)5-8(11)12-9/h5-6,9-10H,3-4H2,1-2H3/t6-,9-/m0/s1. The molecule has 0 fully saturated rings. The van der Waals surface area contributed by atoms with Gasteiger partial charge in [0.25, 0.3) is 0 Å². The zero-order valence-corrected chi connectivity index (χ0v) is 8.63. The predicted molar refractivity (Wildman–Crippen MR) is 52.4 cm³/mol. The lowest BCUT2D eigenvalue weighted by atomic mass is 10.1. The Morgan fingerprint density at radius 3 is 2.92 bits per heavy atom. The smallest absolute Gasteiger partial charge is 0.332 e. The van der Waals surface area contributed by atoms with Gasteiger partial charge in [0.05, 0.1) is 6.10 Å². The Labute approximate surface area is 82.2 Å². The summed E-state index contributed by atoms with van der Waals surface area (Å²) in [6, 6.07) is 0. The minimum absolute atomic E-state index is 0.339. The summed E-state index contributed by atoms with van der Waals surface area (Å²) < 4.78 is 4.98. The van der Waals surface area contributed by atoms with Gasteiger partial charge in [0.2, 0.25) is 0 Å². The summed E-state index contributed by atoms with van der Waals surface area (Å²) in [7, 11) is 0. The van der Waals surface area contributed by atoms with E-state index in [1.54, 1.807) is 11.8 Å². The first kappa shape index (κ1) is 10.6. The van der Waals surface area contributed by atoms with Gasteiger partial charge in [-0.05, 0) is 12.2 Å². The molecule has 1 heterocycles. The molecular formula is C9H14O3S. The maximum Gasteiger partial charge on any atom is 0.332 e. The minimum atomic E-state index is -0.572. The largest absolute Gasteiger partial charge is 0.451 e. The zero-order chi connectivity index (χ0) is 9.84. The number of aliphatic hydroxyl groups excluding tert-OH is 1. The van der Waals surface area contributed by atoms with Gasteiger partial charge in [-0.15, -0.1) is 11.8 Å². The van der Waals surface area contributed by atoms with Crippen LogP contribution in [0.4, 0.5) is 0 Å². The first-order valence-corrected chi connectivity index (χ1v) is 5.40. The Hall–Kier alpha value is -0.480. The van der Waals surface area contributed by atoms with Gasteiger partial charge in [-0.3, -0.25) is 0 Å². The zero-order valence-electron chi connectivity index (χ0n) is 7.82. The Bertz CT molecular complexity index is 225. The third kappa shape index (κ3) is 2.48. The van der Waals surface area contributed by atoms with Crippen molar-refractivity contribution in [1.82, 2.24) is 0 Å². The number of hydrogen-bond acceptors (Lipinski definition) is 4. The van der Waals surface area contributed by atoms with Gasteiger partial charge >= 0.3 is 5.97 Å². The third-order valence-corrected chi connectivity index (χ3v) is 2.83. The van der Waals surface area contributed by atoms with E-state index in [2.05, 4.69) is 0 Å². The van der Waals surface area contributed by atoms with Crippen LogP contribution in [0.1, 0.15) is 20.3 Å². The lowest BCUT2D eigenvalue weighted by Gasteiger charge is -2.18. The number of carbonyl (C=O) groups excluding carboxylic acids is 1. The molecule has 0 aromatic carbocycles. The molecule has 0 radical (unpaired) electrons. The van der Waals surface area contributed by atoms with Crippen LogP contribution in [0.25, 0.3) is 0 Å². The topological polar surface area (TPSA) is 46.5 Å². The second-order valence-corrected chi connectivity index (χ2v) is 4.15. The molecular weight excluding hydrogens is 188 g/mol. The lowest BCUT2D eigenvalue weighted by Crippen LogP contribution is -2.27. The molecule has 0 spiro atoms. The van der Waals surface area contributed by atoms with Crippen molar-refractivity contribution in [2.45, 2.75) is 32.5 Å². The van der Waals surface area contributed by atoms with E-state index in [1.807, 2.05) is 13.8 Å². The quantitative estimate of drug-likeness (QED) is 0.698. The highest BCUT2D eigenvalue weighted by atomic mass is 32.2. The molecule has 0 aliphatic carbocycles. The van der Waals surface area contributed by atoms with Gasteiger partial charge < -0.3 is 9.84 Å². The summed E-state index contributed by atoms with van der Waals surface area (Å²) >= 11 is 1.55. The van der Waals surface area contributed by atoms with Crippen molar-refractivity contribution in [2.75, 3.05) is 5.75 Å². The summed E-state index contributed by atoms with van der Waals surface area (Å²) in [5.74, 6) is 0.545. The fourth-order valence-electron chi connectivity index (χ4n) is 1.19. The van der Waals surface area contributed by atoms with Crippen LogP contribution < -0.4 is 0 Å². The maximum atomic E-state index is 10.9. The Morgan fingerprint density at radius 2 is 2.38 bits per heavy atom. The van der Waals surface area contributed by atoms with Gasteiger partial charge in [0.1, 0.15) is 0 Å². The Morgan fingerprint density at radius 1 is 1.69 bits per heavy atom. The van der Waals surface area contributed by atoms with Gasteiger partial charge in [0, 0.05) is 11.0 Å². The molecule has 0 aromatic heterocycles. The molecule has 13 heavy (non-hydrogen) atoms. The van der Waals surface area contributed by atoms with Crippen LogP contribution in [-0.2, 0) is 9.53 Å². The van der Waals surface area contributed by atoms with Crippen molar-refractivity contribution in [3.63, 3.8) is 0 Å². The first-order valence-electron chi connectivity index (χ1n) is 4.42. The van der Waals surface area contributed by atoms with Crippen LogP contribution in [-0.4, -0.2) is 29.0 Å². The van der Waals surface area contributed by atoms with Gasteiger partial charge in [-0.25, -0.2) is 4.79 Å². The van der Waals surface area contributed by atoms with E-state index in [4.69, 9.17) is 4.74 Å². The van der Waals surface area contributed by atoms with Crippen molar-refractivity contribution >= 4 is 17.7 Å². The number of ether oxygens (including phenoxy) is 1. The van der Waals surface area contributed by atoms with E-state index in [0.29, 0.717) is 6.42 Å². The lowest BCUT2D eigenvalue weighted by molar-refractivity contribution is -0.142. The van der Waals surface area contributed by atoms with Gasteiger partial charge in [-0.1, -0.05) is 13.8 Å². The fourth-order valence-corrected chi connectivity index (χ4v) is 2.07. The van der Waals surface area contributed by atoms with E-state index in [9.17, 15) is 9.90 Å². The normalized spacial score (nSPS) is 24.1. The molecule has 0 unspecified atom stereocenters. The highest BCUT2D eigenvalue weighted by molar-refractivity contribution is 8.03. The molecule has 0 amide bonds. The van der Waals surface area contributed by atoms with E-state index < -0.39 is 12.2 Å². The van der Waals surface area contributed by atoms with Crippen LogP contribution in [0.15, 0.2) is 11.0 Å². The second kappa shape index (κ2) is 4.67. The monoisotopic (exact) mass is 202 g/mol. The summed E-state index contributed by atoms with van der Waals surface area (Å²) in [6.45, 7) is 3.87. The average molecular weight is 202 g/mol. The summed E-state index contributed by atoms with van der Waals surface area (Å²) in [5.41, 5.74) is 0. The maximum absolute atomic E-state index is 10.9. The van der Waals surface area contributed by atoms with Gasteiger partial charge in [0.15, 0.2) is 6.10 Å². The minimum Gasteiger partial charge on any atom is -0.451 e. The summed E-state index contributed by atoms with van der Waals surface area (Å²) in [5, 5.41) is 9.54. The number of rotatable bonds is 4. The molecule has 0 saturated heterocycles. The van der Waals surface area contributed by atoms with Gasteiger partial charge in [-0.2, -0.15) is 0 Å². The van der Waals surface area contributed by atoms with Crippen molar-refractivity contribution in [3.8, 4) is 0 Å². The number of esters is 1. The molecule has 1 aliphatic rings. The molecule has 2 atom stereocenters. The van der Waals surface area contributed by atoms with Crippen LogP contribution in [0.5, 0.6) is 0 Å². The first-order chi connectivity index (χ1) is 6.19. The predicted octanol–water partition coefficient (Wildman–Crippen LogP) is 1.32. The Kier molecular flexibility index (Phi) is 3.81. The van der Waals surface area contributed by atoms with Crippen LogP contribution >= 0.6 is 11.8 Å². The van der Waals surface area contributed by atoms with E-state index in [1.165, 1.54) is 6.08 Å². The second-order valence-electron chi connectivity index (χ2n) is 2.81. The third-order valence-electron chi connectivity index (χ3n) is 1.86. The van der Waals surface area contributed by atoms with Crippen LogP contribution in [0.2, 0.25) is 0 Å². The average Bonchev–Trinajstić information content (AvgIpc) is 2.46. The molecule has 1 aliphatic heterocycles. The number of cyclic esters (lactones) is 1. The summed E-state index contributed by atoms with van der Waals surface area (Å²) in [4.78, 5) is 11.8. The molecule has 0 bridgehead atoms. The molecule has 1 rings (SSSR count). The number of hydrogen-bond donors (Lipinski definition) is 1. The SMILES string of the molecule is CCSC1=CC(=O)O[C@H]1[C@@H](O)CC. The number of thioether (sulfide) groups is 1. The van der Waals surface area contributed by atoms with Crippen LogP contribution in [0, 0.1) is 0 Å². The molecule has 74 valence electrons. The number of aliphatic hydroxyl groups is 1. The van der Waals surface area contributed by atoms with Crippen LogP contribution in [0.3, 0.4) is 0 Å². The van der Waals surface area contributed by atoms with E-state index >= 15 is 0 Å².